The molecule has 1 amide bonds. The first kappa shape index (κ1) is 19.5. The molecule has 1 aliphatic carbocycles. The number of nitrogens with one attached hydrogen (secondary N) is 3. The number of hydrogen-bond donors (Lipinski definition) is 3. The zero-order chi connectivity index (χ0) is 21.0. The maximum Gasteiger partial charge on any atom is 0.258 e. The van der Waals surface area contributed by atoms with Crippen molar-refractivity contribution in [2.24, 2.45) is 11.0 Å². The molecule has 1 saturated heterocycles. The molecule has 1 heterocycles. The van der Waals surface area contributed by atoms with Gasteiger partial charge in [0.15, 0.2) is 0 Å². The number of amides is 1. The van der Waals surface area contributed by atoms with E-state index in [2.05, 4.69) is 45.6 Å². The summed E-state index contributed by atoms with van der Waals surface area (Å²) in [6.45, 7) is 0. The second-order valence-electron chi connectivity index (χ2n) is 7.87. The number of carbonyl (C=O) groups excluding carboxylic acids is 1. The smallest absolute Gasteiger partial charge is 0.258 e. The minimum atomic E-state index is -0.316. The third-order valence-electron chi connectivity index (χ3n) is 5.90. The third-order valence-corrected chi connectivity index (χ3v) is 5.90. The van der Waals surface area contributed by atoms with Crippen molar-refractivity contribution in [2.45, 2.75) is 24.9 Å². The summed E-state index contributed by atoms with van der Waals surface area (Å²) in [5.74, 6) is 1.56. The predicted molar refractivity (Wildman–Crippen MR) is 120 cm³/mol. The Bertz CT molecular complexity index is 1100. The summed E-state index contributed by atoms with van der Waals surface area (Å²) in [5.41, 5.74) is 12.6. The van der Waals surface area contributed by atoms with Crippen LogP contribution < -0.4 is 21.0 Å². The van der Waals surface area contributed by atoms with Gasteiger partial charge in [0.2, 0.25) is 0 Å². The van der Waals surface area contributed by atoms with Gasteiger partial charge in [0, 0.05) is 5.92 Å². The van der Waals surface area contributed by atoms with Crippen LogP contribution in [0.3, 0.4) is 0 Å². The Kier molecular flexibility index (Phi) is 5.48. The summed E-state index contributed by atoms with van der Waals surface area (Å²) < 4.78 is 5.85. The van der Waals surface area contributed by atoms with Gasteiger partial charge >= 0.3 is 0 Å². The van der Waals surface area contributed by atoms with Gasteiger partial charge in [0.05, 0.1) is 12.3 Å². The Morgan fingerprint density at radius 3 is 2.68 bits per heavy atom. The van der Waals surface area contributed by atoms with Crippen molar-refractivity contribution >= 4 is 12.1 Å². The number of fused-ring (bicyclic) bond motifs is 3. The van der Waals surface area contributed by atoms with Crippen LogP contribution in [0.5, 0.6) is 11.5 Å². The van der Waals surface area contributed by atoms with E-state index in [4.69, 9.17) is 4.74 Å². The summed E-state index contributed by atoms with van der Waals surface area (Å²) >= 11 is 0. The van der Waals surface area contributed by atoms with Crippen LogP contribution in [0.2, 0.25) is 0 Å². The second-order valence-corrected chi connectivity index (χ2v) is 7.87. The maximum atomic E-state index is 12.8. The van der Waals surface area contributed by atoms with E-state index in [0.717, 1.165) is 24.2 Å². The number of hydrogen-bond acceptors (Lipinski definition) is 5. The molecule has 156 valence electrons. The monoisotopic (exact) mass is 412 g/mol. The molecule has 0 aromatic heterocycles. The van der Waals surface area contributed by atoms with Crippen LogP contribution in [0, 0.1) is 5.92 Å². The summed E-state index contributed by atoms with van der Waals surface area (Å²) in [5, 5.41) is 4.17. The van der Waals surface area contributed by atoms with Crippen LogP contribution in [-0.2, 0) is 11.2 Å². The summed E-state index contributed by atoms with van der Waals surface area (Å²) in [4.78, 5) is 12.8. The highest BCUT2D eigenvalue weighted by Crippen LogP contribution is 2.38. The van der Waals surface area contributed by atoms with Gasteiger partial charge in [-0.3, -0.25) is 4.79 Å². The van der Waals surface area contributed by atoms with E-state index in [0.29, 0.717) is 5.75 Å². The van der Waals surface area contributed by atoms with Crippen LogP contribution in [0.4, 0.5) is 0 Å². The lowest BCUT2D eigenvalue weighted by Crippen LogP contribution is -2.44. The van der Waals surface area contributed by atoms with Gasteiger partial charge in [-0.2, -0.15) is 5.10 Å². The number of nitrogens with zero attached hydrogens (tertiary/aromatic N) is 1. The first-order valence-electron chi connectivity index (χ1n) is 10.5. The lowest BCUT2D eigenvalue weighted by Gasteiger charge is -2.29. The Balaban J connectivity index is 1.21. The predicted octanol–water partition coefficient (Wildman–Crippen LogP) is 3.71. The third kappa shape index (κ3) is 4.21. The van der Waals surface area contributed by atoms with Gasteiger partial charge in [-0.15, -0.1) is 0 Å². The number of hydrazine groups is 1. The van der Waals surface area contributed by atoms with Crippen molar-refractivity contribution < 1.29 is 9.53 Å². The Hall–Kier alpha value is -3.48. The lowest BCUT2D eigenvalue weighted by atomic mass is 9.77. The van der Waals surface area contributed by atoms with Gasteiger partial charge in [-0.25, -0.2) is 16.3 Å². The van der Waals surface area contributed by atoms with E-state index < -0.39 is 0 Å². The van der Waals surface area contributed by atoms with E-state index in [-0.39, 0.29) is 23.9 Å². The molecule has 3 aromatic carbocycles. The molecule has 3 N–H and O–H groups in total. The van der Waals surface area contributed by atoms with Crippen molar-refractivity contribution in [1.82, 2.24) is 16.3 Å². The standard InChI is InChI=1S/C25H24N4O2/c30-25(24-22-14-13-18-8-4-5-12-21(18)23(22)27-28-24)29-26-16-17-7-6-11-20(15-17)31-19-9-2-1-3-10-19/h1-12,15-16,22-24,27-28H,13-14H2,(H,29,30)/b26-16-. The van der Waals surface area contributed by atoms with Gasteiger partial charge in [-0.05, 0) is 53.8 Å². The molecule has 3 atom stereocenters. The molecule has 3 aromatic rings. The number of ether oxygens (including phenoxy) is 1. The van der Waals surface area contributed by atoms with Crippen LogP contribution in [0.25, 0.3) is 0 Å². The number of benzene rings is 3. The molecule has 5 rings (SSSR count). The molecule has 6 heteroatoms. The average molecular weight is 412 g/mol. The molecule has 6 nitrogen and oxygen atoms in total. The van der Waals surface area contributed by atoms with Crippen molar-refractivity contribution in [1.29, 1.82) is 0 Å². The Morgan fingerprint density at radius 2 is 1.77 bits per heavy atom. The number of para-hydroxylation sites is 1. The number of carbonyl (C=O) groups is 1. The van der Waals surface area contributed by atoms with Gasteiger partial charge in [0.1, 0.15) is 17.5 Å². The van der Waals surface area contributed by atoms with Crippen molar-refractivity contribution in [3.8, 4) is 11.5 Å². The summed E-state index contributed by atoms with van der Waals surface area (Å²) in [6, 6.07) is 25.5. The van der Waals surface area contributed by atoms with Gasteiger partial charge in [0.25, 0.3) is 5.91 Å². The van der Waals surface area contributed by atoms with E-state index in [1.807, 2.05) is 54.6 Å². The number of rotatable bonds is 5. The molecule has 1 fully saturated rings. The zero-order valence-electron chi connectivity index (χ0n) is 17.0. The first-order valence-corrected chi connectivity index (χ1v) is 10.5. The molecule has 1 aliphatic heterocycles. The van der Waals surface area contributed by atoms with Crippen molar-refractivity contribution in [3.63, 3.8) is 0 Å². The molecular weight excluding hydrogens is 388 g/mol. The minimum absolute atomic E-state index is 0.132. The van der Waals surface area contributed by atoms with Crippen LogP contribution in [-0.4, -0.2) is 18.2 Å². The van der Waals surface area contributed by atoms with Crippen LogP contribution in [0.15, 0.2) is 84.0 Å². The van der Waals surface area contributed by atoms with Crippen molar-refractivity contribution in [2.75, 3.05) is 0 Å². The molecule has 2 aliphatic rings. The van der Waals surface area contributed by atoms with Gasteiger partial charge in [-0.1, -0.05) is 54.6 Å². The highest BCUT2D eigenvalue weighted by molar-refractivity contribution is 5.85. The topological polar surface area (TPSA) is 74.8 Å². The van der Waals surface area contributed by atoms with Gasteiger partial charge < -0.3 is 4.74 Å². The zero-order valence-corrected chi connectivity index (χ0v) is 17.0. The molecular formula is C25H24N4O2. The molecule has 31 heavy (non-hydrogen) atoms. The number of aryl methyl sites for hydroxylation is 1. The second kappa shape index (κ2) is 8.71. The van der Waals surface area contributed by atoms with E-state index in [1.54, 1.807) is 6.21 Å². The molecule has 0 saturated carbocycles. The largest absolute Gasteiger partial charge is 0.457 e. The SMILES string of the molecule is O=C(N/N=C\c1cccc(Oc2ccccc2)c1)C1NNC2c3ccccc3CCC12. The average Bonchev–Trinajstić information content (AvgIpc) is 3.25. The van der Waals surface area contributed by atoms with E-state index in [1.165, 1.54) is 11.1 Å². The highest BCUT2D eigenvalue weighted by Gasteiger charge is 2.43. The first-order chi connectivity index (χ1) is 15.3. The van der Waals surface area contributed by atoms with Crippen LogP contribution in [0.1, 0.15) is 29.2 Å². The Labute approximate surface area is 181 Å². The Morgan fingerprint density at radius 1 is 0.968 bits per heavy atom. The minimum Gasteiger partial charge on any atom is -0.457 e. The quantitative estimate of drug-likeness (QED) is 0.441. The van der Waals surface area contributed by atoms with Crippen LogP contribution >= 0.6 is 0 Å². The maximum absolute atomic E-state index is 12.8. The summed E-state index contributed by atoms with van der Waals surface area (Å²) in [7, 11) is 0. The van der Waals surface area contributed by atoms with Crippen molar-refractivity contribution in [3.05, 3.63) is 95.6 Å². The normalized spacial score (nSPS) is 22.0. The fraction of sp³-hybridized carbons (Fsp3) is 0.200. The molecule has 0 spiro atoms. The fourth-order valence-electron chi connectivity index (χ4n) is 4.40. The van der Waals surface area contributed by atoms with E-state index in [9.17, 15) is 4.79 Å². The fourth-order valence-corrected chi connectivity index (χ4v) is 4.40. The molecule has 3 unspecified atom stereocenters. The molecule has 0 bridgehead atoms. The highest BCUT2D eigenvalue weighted by atomic mass is 16.5. The van der Waals surface area contributed by atoms with E-state index >= 15 is 0 Å². The lowest BCUT2D eigenvalue weighted by molar-refractivity contribution is -0.123. The number of hydrazone groups is 1. The summed E-state index contributed by atoms with van der Waals surface area (Å²) in [6.07, 6.45) is 3.58. The molecule has 0 radical (unpaired) electrons.